The highest BCUT2D eigenvalue weighted by Gasteiger charge is 2.21. The fourth-order valence-corrected chi connectivity index (χ4v) is 3.96. The molecule has 5 nitrogen and oxygen atoms in total. The van der Waals surface area contributed by atoms with Crippen LogP contribution in [-0.4, -0.2) is 20.7 Å². The van der Waals surface area contributed by atoms with E-state index in [4.69, 9.17) is 12.2 Å². The molecule has 2 aromatic heterocycles. The minimum Gasteiger partial charge on any atom is -0.349 e. The number of thiazole rings is 1. The summed E-state index contributed by atoms with van der Waals surface area (Å²) in [6.07, 6.45) is 1.19. The largest absolute Gasteiger partial charge is 0.349 e. The molecule has 0 aliphatic rings. The Balaban J connectivity index is 2.14. The van der Waals surface area contributed by atoms with Gasteiger partial charge in [0, 0.05) is 28.9 Å². The summed E-state index contributed by atoms with van der Waals surface area (Å²) in [4.78, 5) is 16.4. The van der Waals surface area contributed by atoms with Crippen LogP contribution in [0.25, 0.3) is 0 Å². The first-order valence-corrected chi connectivity index (χ1v) is 8.54. The van der Waals surface area contributed by atoms with Gasteiger partial charge in [-0.25, -0.2) is 0 Å². The maximum atomic E-state index is 12.4. The molecule has 0 bridgehead atoms. The number of carbonyl (C=O) groups is 1. The second-order valence-electron chi connectivity index (χ2n) is 5.48. The fourth-order valence-electron chi connectivity index (χ4n) is 2.67. The van der Waals surface area contributed by atoms with E-state index in [2.05, 4.69) is 22.3 Å². The van der Waals surface area contributed by atoms with E-state index in [-0.39, 0.29) is 11.9 Å². The average Bonchev–Trinajstić information content (AvgIpc) is 2.87. The molecule has 22 heavy (non-hydrogen) atoms. The van der Waals surface area contributed by atoms with Crippen molar-refractivity contribution in [3.8, 4) is 0 Å². The van der Waals surface area contributed by atoms with Crippen LogP contribution >= 0.6 is 23.6 Å². The molecule has 0 spiro atoms. The van der Waals surface area contributed by atoms with E-state index in [1.807, 2.05) is 32.5 Å². The second-order valence-corrected chi connectivity index (χ2v) is 7.25. The molecule has 2 rings (SSSR count). The number of aromatic amines is 1. The Bertz CT molecular complexity index is 741. The molecule has 0 saturated heterocycles. The summed E-state index contributed by atoms with van der Waals surface area (Å²) >= 11 is 6.58. The molecule has 0 aromatic carbocycles. The Morgan fingerprint density at radius 3 is 2.59 bits per heavy atom. The molecule has 1 amide bonds. The van der Waals surface area contributed by atoms with Gasteiger partial charge in [-0.3, -0.25) is 9.48 Å². The van der Waals surface area contributed by atoms with Crippen molar-refractivity contribution in [3.05, 3.63) is 31.5 Å². The molecule has 2 N–H and O–H groups in total. The molecule has 1 unspecified atom stereocenters. The summed E-state index contributed by atoms with van der Waals surface area (Å²) in [5.41, 5.74) is 4.17. The zero-order chi connectivity index (χ0) is 16.4. The summed E-state index contributed by atoms with van der Waals surface area (Å²) in [6, 6.07) is -0.00609. The number of aryl methyl sites for hydroxylation is 3. The predicted octanol–water partition coefficient (Wildman–Crippen LogP) is 3.27. The molecule has 0 fully saturated rings. The molecule has 1 atom stereocenters. The summed E-state index contributed by atoms with van der Waals surface area (Å²) in [6.45, 7) is 8.04. The van der Waals surface area contributed by atoms with Crippen LogP contribution in [0.4, 0.5) is 0 Å². The average molecular weight is 339 g/mol. The summed E-state index contributed by atoms with van der Waals surface area (Å²) in [5.74, 6) is 0.0165. The number of amides is 1. The third kappa shape index (κ3) is 3.47. The Kier molecular flexibility index (Phi) is 5.18. The van der Waals surface area contributed by atoms with Gasteiger partial charge in [-0.05, 0) is 39.4 Å². The van der Waals surface area contributed by atoms with E-state index in [0.717, 1.165) is 33.9 Å². The van der Waals surface area contributed by atoms with Gasteiger partial charge in [0.1, 0.15) is 0 Å². The van der Waals surface area contributed by atoms with Crippen LogP contribution in [0.15, 0.2) is 0 Å². The lowest BCUT2D eigenvalue weighted by Crippen LogP contribution is -2.30. The fraction of sp³-hybridized carbons (Fsp3) is 0.533. The molecule has 0 saturated carbocycles. The van der Waals surface area contributed by atoms with Crippen molar-refractivity contribution in [1.82, 2.24) is 20.1 Å². The van der Waals surface area contributed by atoms with Crippen LogP contribution < -0.4 is 5.32 Å². The Morgan fingerprint density at radius 2 is 2.14 bits per heavy atom. The summed E-state index contributed by atoms with van der Waals surface area (Å²) in [5, 5.41) is 7.57. The van der Waals surface area contributed by atoms with Crippen molar-refractivity contribution in [3.63, 3.8) is 0 Å². The lowest BCUT2D eigenvalue weighted by molar-refractivity contribution is -0.121. The normalized spacial score (nSPS) is 12.4. The molecule has 2 aromatic rings. The molecule has 120 valence electrons. The van der Waals surface area contributed by atoms with Crippen molar-refractivity contribution >= 4 is 29.5 Å². The third-order valence-corrected chi connectivity index (χ3v) is 5.24. The monoisotopic (exact) mass is 338 g/mol. The SMILES string of the molecule is CCC(NC(=O)Cc1sc(=S)[nH]c1C)c1c(C)nn(C)c1C. The number of nitrogens with one attached hydrogen (secondary N) is 2. The van der Waals surface area contributed by atoms with E-state index in [1.54, 1.807) is 0 Å². The molecule has 0 aliphatic heterocycles. The number of hydrogen-bond donors (Lipinski definition) is 2. The maximum Gasteiger partial charge on any atom is 0.225 e. The van der Waals surface area contributed by atoms with Crippen LogP contribution in [0, 0.1) is 24.7 Å². The molecule has 2 heterocycles. The van der Waals surface area contributed by atoms with Crippen molar-refractivity contribution in [2.75, 3.05) is 0 Å². The van der Waals surface area contributed by atoms with E-state index in [9.17, 15) is 4.79 Å². The second kappa shape index (κ2) is 6.75. The molecule has 0 radical (unpaired) electrons. The highest BCUT2D eigenvalue weighted by molar-refractivity contribution is 7.73. The van der Waals surface area contributed by atoms with E-state index in [0.29, 0.717) is 10.4 Å². The van der Waals surface area contributed by atoms with Gasteiger partial charge in [-0.1, -0.05) is 6.92 Å². The lowest BCUT2D eigenvalue weighted by Gasteiger charge is -2.18. The van der Waals surface area contributed by atoms with E-state index in [1.165, 1.54) is 11.3 Å². The Hall–Kier alpha value is -1.47. The van der Waals surface area contributed by atoms with Crippen molar-refractivity contribution in [2.24, 2.45) is 7.05 Å². The van der Waals surface area contributed by atoms with E-state index >= 15 is 0 Å². The minimum atomic E-state index is -0.00609. The van der Waals surface area contributed by atoms with Gasteiger partial charge < -0.3 is 10.3 Å². The zero-order valence-corrected chi connectivity index (χ0v) is 15.2. The zero-order valence-electron chi connectivity index (χ0n) is 13.6. The molecule has 7 heteroatoms. The predicted molar refractivity (Wildman–Crippen MR) is 91.8 cm³/mol. The smallest absolute Gasteiger partial charge is 0.225 e. The first-order valence-electron chi connectivity index (χ1n) is 7.31. The molecular formula is C15H22N4OS2. The van der Waals surface area contributed by atoms with Gasteiger partial charge in [0.05, 0.1) is 18.2 Å². The lowest BCUT2D eigenvalue weighted by atomic mass is 10.0. The summed E-state index contributed by atoms with van der Waals surface area (Å²) in [7, 11) is 1.93. The first-order chi connectivity index (χ1) is 10.3. The van der Waals surface area contributed by atoms with Crippen LogP contribution in [0.1, 0.15) is 46.9 Å². The molecular weight excluding hydrogens is 316 g/mol. The Morgan fingerprint density at radius 1 is 1.45 bits per heavy atom. The first kappa shape index (κ1) is 16.9. The number of rotatable bonds is 5. The van der Waals surface area contributed by atoms with Gasteiger partial charge in [-0.15, -0.1) is 11.3 Å². The van der Waals surface area contributed by atoms with Crippen molar-refractivity contribution < 1.29 is 4.79 Å². The topological polar surface area (TPSA) is 62.7 Å². The quantitative estimate of drug-likeness (QED) is 0.823. The number of H-pyrrole nitrogens is 1. The maximum absolute atomic E-state index is 12.4. The van der Waals surface area contributed by atoms with Gasteiger partial charge in [-0.2, -0.15) is 5.10 Å². The highest BCUT2D eigenvalue weighted by Crippen LogP contribution is 2.24. The van der Waals surface area contributed by atoms with Gasteiger partial charge in [0.15, 0.2) is 3.95 Å². The molecule has 0 aliphatic carbocycles. The summed E-state index contributed by atoms with van der Waals surface area (Å²) < 4.78 is 2.58. The highest BCUT2D eigenvalue weighted by atomic mass is 32.1. The van der Waals surface area contributed by atoms with E-state index < -0.39 is 0 Å². The van der Waals surface area contributed by atoms with Crippen LogP contribution in [0.5, 0.6) is 0 Å². The van der Waals surface area contributed by atoms with Gasteiger partial charge >= 0.3 is 0 Å². The van der Waals surface area contributed by atoms with Crippen molar-refractivity contribution in [2.45, 2.75) is 46.6 Å². The minimum absolute atomic E-state index is 0.00609. The van der Waals surface area contributed by atoms with Gasteiger partial charge in [0.25, 0.3) is 0 Å². The van der Waals surface area contributed by atoms with Crippen LogP contribution in [0.2, 0.25) is 0 Å². The van der Waals surface area contributed by atoms with Gasteiger partial charge in [0.2, 0.25) is 5.91 Å². The number of hydrogen-bond acceptors (Lipinski definition) is 4. The third-order valence-electron chi connectivity index (χ3n) is 3.90. The van der Waals surface area contributed by atoms with Crippen LogP contribution in [-0.2, 0) is 18.3 Å². The van der Waals surface area contributed by atoms with Crippen LogP contribution in [0.3, 0.4) is 0 Å². The standard InChI is InChI=1S/C15H22N4OS2/c1-6-11(14-9(3)18-19(5)10(14)4)17-13(20)7-12-8(2)16-15(21)22-12/h11H,6-7H2,1-5H3,(H,16,21)(H,17,20). The van der Waals surface area contributed by atoms with Crippen molar-refractivity contribution in [1.29, 1.82) is 0 Å². The number of aromatic nitrogens is 3. The number of carbonyl (C=O) groups excluding carboxylic acids is 1. The number of nitrogens with zero attached hydrogens (tertiary/aromatic N) is 2. The Labute approximate surface area is 139 Å².